The highest BCUT2D eigenvalue weighted by Crippen LogP contribution is 2.33. The first kappa shape index (κ1) is 22.5. The minimum atomic E-state index is -0.266. The summed E-state index contributed by atoms with van der Waals surface area (Å²) in [6, 6.07) is 19.8. The topological polar surface area (TPSA) is 101 Å². The van der Waals surface area contributed by atoms with Gasteiger partial charge in [0.2, 0.25) is 5.91 Å². The van der Waals surface area contributed by atoms with Gasteiger partial charge in [0.05, 0.1) is 18.4 Å². The Labute approximate surface area is 203 Å². The quantitative estimate of drug-likeness (QED) is 0.281. The van der Waals surface area contributed by atoms with E-state index in [1.54, 1.807) is 12.3 Å². The SMILES string of the molecule is CCCCc1nnc(C(c2ccc(-c3ccccc3/C=C3\NC(=O)CC3=O)cc2)c2ccco2)[nH]1. The predicted molar refractivity (Wildman–Crippen MR) is 132 cm³/mol. The van der Waals surface area contributed by atoms with Crippen LogP contribution in [0.15, 0.2) is 77.0 Å². The highest BCUT2D eigenvalue weighted by atomic mass is 16.3. The first-order chi connectivity index (χ1) is 17.1. The van der Waals surface area contributed by atoms with Gasteiger partial charge in [0.25, 0.3) is 0 Å². The largest absolute Gasteiger partial charge is 0.468 e. The van der Waals surface area contributed by atoms with Crippen molar-refractivity contribution in [1.82, 2.24) is 20.5 Å². The van der Waals surface area contributed by atoms with Crippen LogP contribution in [0, 0.1) is 0 Å². The molecular formula is C28H26N4O3. The molecule has 0 aliphatic carbocycles. The molecule has 1 unspecified atom stereocenters. The summed E-state index contributed by atoms with van der Waals surface area (Å²) in [5.74, 6) is 1.76. The molecule has 0 spiro atoms. The molecule has 35 heavy (non-hydrogen) atoms. The number of rotatable bonds is 8. The molecule has 1 fully saturated rings. The maximum atomic E-state index is 12.1. The Morgan fingerprint density at radius 2 is 1.86 bits per heavy atom. The molecule has 7 nitrogen and oxygen atoms in total. The molecule has 7 heteroatoms. The molecule has 1 aliphatic rings. The van der Waals surface area contributed by atoms with Crippen molar-refractivity contribution in [1.29, 1.82) is 0 Å². The van der Waals surface area contributed by atoms with E-state index in [4.69, 9.17) is 4.42 Å². The second-order valence-electron chi connectivity index (χ2n) is 8.62. The standard InChI is InChI=1S/C28H26N4O3/c1-2-3-10-25-30-28(32-31-25)27(24-9-6-15-35-24)19-13-11-18(12-14-19)21-8-5-4-7-20(21)16-22-23(33)17-26(34)29-22/h4-9,11-16,27H,2-3,10,17H2,1H3,(H,29,34)(H,30,31,32)/b22-16-. The van der Waals surface area contributed by atoms with Crippen molar-refractivity contribution in [3.05, 3.63) is 101 Å². The number of allylic oxidation sites excluding steroid dienone is 1. The fraction of sp³-hybridized carbons (Fsp3) is 0.214. The number of furan rings is 1. The van der Waals surface area contributed by atoms with Crippen LogP contribution in [0.25, 0.3) is 17.2 Å². The molecular weight excluding hydrogens is 440 g/mol. The lowest BCUT2D eigenvalue weighted by Crippen LogP contribution is -2.12. The van der Waals surface area contributed by atoms with Gasteiger partial charge >= 0.3 is 0 Å². The van der Waals surface area contributed by atoms with Crippen molar-refractivity contribution in [3.8, 4) is 11.1 Å². The van der Waals surface area contributed by atoms with Gasteiger partial charge in [-0.15, -0.1) is 10.2 Å². The minimum Gasteiger partial charge on any atom is -0.468 e. The van der Waals surface area contributed by atoms with Gasteiger partial charge in [-0.3, -0.25) is 9.59 Å². The second kappa shape index (κ2) is 9.93. The summed E-state index contributed by atoms with van der Waals surface area (Å²) in [6.45, 7) is 2.15. The van der Waals surface area contributed by atoms with Gasteiger partial charge < -0.3 is 14.7 Å². The number of carbonyl (C=O) groups is 2. The van der Waals surface area contributed by atoms with Crippen LogP contribution in [0.4, 0.5) is 0 Å². The Morgan fingerprint density at radius 1 is 1.03 bits per heavy atom. The lowest BCUT2D eigenvalue weighted by molar-refractivity contribution is -0.121. The summed E-state index contributed by atoms with van der Waals surface area (Å²) < 4.78 is 5.76. The Morgan fingerprint density at radius 3 is 2.57 bits per heavy atom. The molecule has 2 aromatic carbocycles. The number of unbranched alkanes of at least 4 members (excludes halogenated alkanes) is 1. The van der Waals surface area contributed by atoms with E-state index in [0.29, 0.717) is 5.70 Å². The van der Waals surface area contributed by atoms with E-state index in [9.17, 15) is 9.59 Å². The van der Waals surface area contributed by atoms with E-state index in [-0.39, 0.29) is 24.0 Å². The summed E-state index contributed by atoms with van der Waals surface area (Å²) in [7, 11) is 0. The highest BCUT2D eigenvalue weighted by Gasteiger charge is 2.25. The van der Waals surface area contributed by atoms with Crippen molar-refractivity contribution in [2.45, 2.75) is 38.5 Å². The summed E-state index contributed by atoms with van der Waals surface area (Å²) in [5.41, 5.74) is 4.19. The molecule has 0 bridgehead atoms. The third-order valence-electron chi connectivity index (χ3n) is 6.13. The van der Waals surface area contributed by atoms with Crippen molar-refractivity contribution in [2.75, 3.05) is 0 Å². The Kier molecular flexibility index (Phi) is 6.39. The van der Waals surface area contributed by atoms with E-state index in [1.165, 1.54) is 0 Å². The summed E-state index contributed by atoms with van der Waals surface area (Å²) in [4.78, 5) is 27.1. The van der Waals surface area contributed by atoms with Crippen LogP contribution < -0.4 is 5.32 Å². The van der Waals surface area contributed by atoms with Crippen LogP contribution in [-0.4, -0.2) is 26.9 Å². The third-order valence-corrected chi connectivity index (χ3v) is 6.13. The van der Waals surface area contributed by atoms with Gasteiger partial charge in [-0.05, 0) is 46.9 Å². The molecule has 2 N–H and O–H groups in total. The summed E-state index contributed by atoms with van der Waals surface area (Å²) >= 11 is 0. The predicted octanol–water partition coefficient (Wildman–Crippen LogP) is 5.02. The van der Waals surface area contributed by atoms with Crippen molar-refractivity contribution in [3.63, 3.8) is 0 Å². The molecule has 2 aromatic heterocycles. The van der Waals surface area contributed by atoms with Crippen LogP contribution in [0.5, 0.6) is 0 Å². The number of carbonyl (C=O) groups excluding carboxylic acids is 2. The maximum absolute atomic E-state index is 12.1. The number of benzene rings is 2. The van der Waals surface area contributed by atoms with Gasteiger partial charge in [-0.1, -0.05) is 61.9 Å². The average molecular weight is 467 g/mol. The van der Waals surface area contributed by atoms with Crippen LogP contribution in [-0.2, 0) is 16.0 Å². The molecule has 4 aromatic rings. The normalized spacial score (nSPS) is 15.5. The van der Waals surface area contributed by atoms with E-state index in [2.05, 4.69) is 39.6 Å². The number of amides is 1. The third kappa shape index (κ3) is 4.84. The van der Waals surface area contributed by atoms with Gasteiger partial charge in [-0.25, -0.2) is 0 Å². The number of ketones is 1. The Hall–Kier alpha value is -4.26. The van der Waals surface area contributed by atoms with Crippen LogP contribution in [0.2, 0.25) is 0 Å². The Balaban J connectivity index is 1.47. The highest BCUT2D eigenvalue weighted by molar-refractivity contribution is 6.17. The molecule has 1 atom stereocenters. The minimum absolute atomic E-state index is 0.0986. The smallest absolute Gasteiger partial charge is 0.232 e. The average Bonchev–Trinajstić information content (AvgIpc) is 3.62. The number of hydrogen-bond donors (Lipinski definition) is 2. The molecule has 1 aliphatic heterocycles. The van der Waals surface area contributed by atoms with E-state index >= 15 is 0 Å². The molecule has 0 radical (unpaired) electrons. The first-order valence-corrected chi connectivity index (χ1v) is 11.8. The molecule has 176 valence electrons. The number of hydrogen-bond acceptors (Lipinski definition) is 5. The van der Waals surface area contributed by atoms with Crippen molar-refractivity contribution < 1.29 is 14.0 Å². The number of aryl methyl sites for hydroxylation is 1. The fourth-order valence-corrected chi connectivity index (χ4v) is 4.33. The summed E-state index contributed by atoms with van der Waals surface area (Å²) in [5, 5.41) is 11.4. The Bertz CT molecular complexity index is 1370. The number of nitrogens with one attached hydrogen (secondary N) is 2. The fourth-order valence-electron chi connectivity index (χ4n) is 4.33. The number of aromatic nitrogens is 3. The number of H-pyrrole nitrogens is 1. The monoisotopic (exact) mass is 466 g/mol. The van der Waals surface area contributed by atoms with Crippen LogP contribution in [0.3, 0.4) is 0 Å². The van der Waals surface area contributed by atoms with Gasteiger partial charge in [-0.2, -0.15) is 0 Å². The molecule has 1 amide bonds. The van der Waals surface area contributed by atoms with Crippen molar-refractivity contribution >= 4 is 17.8 Å². The molecule has 1 saturated heterocycles. The van der Waals surface area contributed by atoms with Crippen LogP contribution in [0.1, 0.15) is 60.6 Å². The zero-order valence-corrected chi connectivity index (χ0v) is 19.5. The lowest BCUT2D eigenvalue weighted by atomic mass is 9.92. The number of nitrogens with zero attached hydrogens (tertiary/aromatic N) is 2. The number of aromatic amines is 1. The number of Topliss-reactive ketones (excluding diaryl/α,β-unsaturated/α-hetero) is 1. The first-order valence-electron chi connectivity index (χ1n) is 11.8. The zero-order chi connectivity index (χ0) is 24.2. The van der Waals surface area contributed by atoms with Crippen LogP contribution >= 0.6 is 0 Å². The molecule has 3 heterocycles. The van der Waals surface area contributed by atoms with Gasteiger partial charge in [0, 0.05) is 6.42 Å². The molecule has 0 saturated carbocycles. The van der Waals surface area contributed by atoms with E-state index in [0.717, 1.165) is 58.9 Å². The zero-order valence-electron chi connectivity index (χ0n) is 19.5. The molecule has 5 rings (SSSR count). The van der Waals surface area contributed by atoms with E-state index in [1.807, 2.05) is 48.5 Å². The van der Waals surface area contributed by atoms with Gasteiger partial charge in [0.1, 0.15) is 23.3 Å². The van der Waals surface area contributed by atoms with E-state index < -0.39 is 0 Å². The lowest BCUT2D eigenvalue weighted by Gasteiger charge is -2.14. The van der Waals surface area contributed by atoms with Gasteiger partial charge in [0.15, 0.2) is 5.78 Å². The van der Waals surface area contributed by atoms with Crippen molar-refractivity contribution in [2.24, 2.45) is 0 Å². The maximum Gasteiger partial charge on any atom is 0.232 e. The summed E-state index contributed by atoms with van der Waals surface area (Å²) in [6.07, 6.45) is 6.32. The second-order valence-corrected chi connectivity index (χ2v) is 8.62.